The van der Waals surface area contributed by atoms with Gasteiger partial charge in [-0.2, -0.15) is 0 Å². The Morgan fingerprint density at radius 1 is 0.938 bits per heavy atom. The van der Waals surface area contributed by atoms with Crippen LogP contribution in [-0.4, -0.2) is 36.2 Å². The predicted octanol–water partition coefficient (Wildman–Crippen LogP) is 5.97. The van der Waals surface area contributed by atoms with Crippen LogP contribution in [0.25, 0.3) is 0 Å². The molecule has 0 radical (unpaired) electrons. The Hall–Kier alpha value is -2.78. The SMILES string of the molecule is C[C@H]1CCN(CCOc2ccc([C@@H]3c4ccc(O)cc4CC[C@@H]3c3ccccc3)cc2)C1. The fraction of sp³-hybridized carbons (Fsp3) is 0.379. The van der Waals surface area contributed by atoms with Crippen molar-refractivity contribution in [2.45, 2.75) is 38.0 Å². The lowest BCUT2D eigenvalue weighted by Crippen LogP contribution is -2.25. The summed E-state index contributed by atoms with van der Waals surface area (Å²) in [6, 6.07) is 25.5. The Morgan fingerprint density at radius 2 is 1.75 bits per heavy atom. The number of likely N-dealkylation sites (tertiary alicyclic amines) is 1. The van der Waals surface area contributed by atoms with Crippen LogP contribution in [-0.2, 0) is 6.42 Å². The Bertz CT molecular complexity index is 1030. The van der Waals surface area contributed by atoms with Crippen molar-refractivity contribution in [2.24, 2.45) is 5.92 Å². The summed E-state index contributed by atoms with van der Waals surface area (Å²) in [5.41, 5.74) is 5.30. The van der Waals surface area contributed by atoms with Crippen LogP contribution in [0.15, 0.2) is 72.8 Å². The molecular weight excluding hydrogens is 394 g/mol. The first-order valence-corrected chi connectivity index (χ1v) is 12.0. The average molecular weight is 428 g/mol. The molecule has 1 aliphatic heterocycles. The van der Waals surface area contributed by atoms with Crippen molar-refractivity contribution in [3.63, 3.8) is 0 Å². The van der Waals surface area contributed by atoms with Gasteiger partial charge in [-0.1, -0.05) is 55.5 Å². The zero-order valence-corrected chi connectivity index (χ0v) is 18.9. The van der Waals surface area contributed by atoms with Gasteiger partial charge in [-0.25, -0.2) is 0 Å². The second kappa shape index (κ2) is 9.38. The second-order valence-corrected chi connectivity index (χ2v) is 9.53. The van der Waals surface area contributed by atoms with E-state index in [0.717, 1.165) is 37.7 Å². The van der Waals surface area contributed by atoms with Crippen molar-refractivity contribution in [1.29, 1.82) is 0 Å². The van der Waals surface area contributed by atoms with Crippen LogP contribution in [0.4, 0.5) is 0 Å². The van der Waals surface area contributed by atoms with Crippen LogP contribution < -0.4 is 4.74 Å². The first-order chi connectivity index (χ1) is 15.7. The van der Waals surface area contributed by atoms with Gasteiger partial charge in [0.2, 0.25) is 0 Å². The average Bonchev–Trinajstić information content (AvgIpc) is 3.24. The minimum atomic E-state index is 0.280. The van der Waals surface area contributed by atoms with Gasteiger partial charge in [0.15, 0.2) is 0 Å². The molecule has 5 rings (SSSR count). The molecule has 166 valence electrons. The minimum Gasteiger partial charge on any atom is -0.508 e. The van der Waals surface area contributed by atoms with Gasteiger partial charge in [-0.05, 0) is 84.2 Å². The van der Waals surface area contributed by atoms with Gasteiger partial charge < -0.3 is 9.84 Å². The summed E-state index contributed by atoms with van der Waals surface area (Å²) >= 11 is 0. The molecule has 3 nitrogen and oxygen atoms in total. The van der Waals surface area contributed by atoms with E-state index in [-0.39, 0.29) is 5.92 Å². The van der Waals surface area contributed by atoms with E-state index in [9.17, 15) is 5.11 Å². The molecule has 1 fully saturated rings. The summed E-state index contributed by atoms with van der Waals surface area (Å²) in [5.74, 6) is 2.82. The van der Waals surface area contributed by atoms with E-state index in [4.69, 9.17) is 4.74 Å². The monoisotopic (exact) mass is 427 g/mol. The molecule has 0 amide bonds. The quantitative estimate of drug-likeness (QED) is 0.526. The highest BCUT2D eigenvalue weighted by Crippen LogP contribution is 2.47. The van der Waals surface area contributed by atoms with Crippen molar-refractivity contribution in [3.05, 3.63) is 95.1 Å². The molecule has 0 saturated carbocycles. The van der Waals surface area contributed by atoms with Crippen LogP contribution in [0.2, 0.25) is 0 Å². The molecule has 2 aliphatic rings. The van der Waals surface area contributed by atoms with Crippen molar-refractivity contribution in [3.8, 4) is 11.5 Å². The highest BCUT2D eigenvalue weighted by atomic mass is 16.5. The first-order valence-electron chi connectivity index (χ1n) is 12.0. The Kier molecular flexibility index (Phi) is 6.18. The number of rotatable bonds is 6. The number of benzene rings is 3. The molecular formula is C29H33NO2. The Balaban J connectivity index is 1.35. The van der Waals surface area contributed by atoms with E-state index >= 15 is 0 Å². The third-order valence-corrected chi connectivity index (χ3v) is 7.24. The first kappa shape index (κ1) is 21.1. The molecule has 1 saturated heterocycles. The number of fused-ring (bicyclic) bond motifs is 1. The van der Waals surface area contributed by atoms with E-state index in [1.54, 1.807) is 0 Å². The Labute approximate surface area is 191 Å². The van der Waals surface area contributed by atoms with Crippen LogP contribution in [0.5, 0.6) is 11.5 Å². The van der Waals surface area contributed by atoms with E-state index < -0.39 is 0 Å². The molecule has 0 bridgehead atoms. The summed E-state index contributed by atoms with van der Waals surface area (Å²) in [6.45, 7) is 6.46. The Morgan fingerprint density at radius 3 is 2.50 bits per heavy atom. The lowest BCUT2D eigenvalue weighted by atomic mass is 9.69. The van der Waals surface area contributed by atoms with Crippen LogP contribution in [0.1, 0.15) is 53.9 Å². The summed E-state index contributed by atoms with van der Waals surface area (Å²) in [4.78, 5) is 2.50. The molecule has 1 N–H and O–H groups in total. The largest absolute Gasteiger partial charge is 0.508 e. The smallest absolute Gasteiger partial charge is 0.119 e. The van der Waals surface area contributed by atoms with Gasteiger partial charge in [0.25, 0.3) is 0 Å². The lowest BCUT2D eigenvalue weighted by molar-refractivity contribution is 0.234. The maximum absolute atomic E-state index is 10.0. The lowest BCUT2D eigenvalue weighted by Gasteiger charge is -2.35. The van der Waals surface area contributed by atoms with Crippen molar-refractivity contribution in [2.75, 3.05) is 26.2 Å². The third-order valence-electron chi connectivity index (χ3n) is 7.24. The summed E-state index contributed by atoms with van der Waals surface area (Å²) < 4.78 is 6.07. The van der Waals surface area contributed by atoms with Crippen LogP contribution in [0, 0.1) is 5.92 Å². The molecule has 32 heavy (non-hydrogen) atoms. The molecule has 0 aromatic heterocycles. The fourth-order valence-corrected chi connectivity index (χ4v) is 5.57. The highest BCUT2D eigenvalue weighted by molar-refractivity contribution is 5.48. The molecule has 3 aromatic carbocycles. The van der Waals surface area contributed by atoms with E-state index in [1.807, 2.05) is 12.1 Å². The number of phenolic OH excluding ortho intramolecular Hbond substituents is 1. The number of phenols is 1. The normalized spacial score (nSPS) is 23.1. The number of hydrogen-bond donors (Lipinski definition) is 1. The highest BCUT2D eigenvalue weighted by Gasteiger charge is 2.32. The third kappa shape index (κ3) is 4.54. The molecule has 1 aliphatic carbocycles. The van der Waals surface area contributed by atoms with Crippen LogP contribution in [0.3, 0.4) is 0 Å². The number of aromatic hydroxyl groups is 1. The topological polar surface area (TPSA) is 32.7 Å². The second-order valence-electron chi connectivity index (χ2n) is 9.53. The molecule has 3 heteroatoms. The van der Waals surface area contributed by atoms with Gasteiger partial charge in [-0.3, -0.25) is 4.90 Å². The summed E-state index contributed by atoms with van der Waals surface area (Å²) in [5, 5.41) is 10.0. The standard InChI is InChI=1S/C29H33NO2/c1-21-15-16-30(20-21)17-18-32-26-11-7-23(8-12-26)29-27(22-5-3-2-4-6-22)13-9-24-19-25(31)10-14-28(24)29/h2-8,10-12,14,19,21,27,29,31H,9,13,15-18,20H2,1H3/t21-,27+,29-/m0/s1. The zero-order chi connectivity index (χ0) is 21.9. The molecule has 3 atom stereocenters. The van der Waals surface area contributed by atoms with E-state index in [1.165, 1.54) is 41.8 Å². The number of nitrogens with zero attached hydrogens (tertiary/aromatic N) is 1. The number of ether oxygens (including phenoxy) is 1. The molecule has 0 spiro atoms. The van der Waals surface area contributed by atoms with Gasteiger partial charge in [0, 0.05) is 19.0 Å². The molecule has 3 aromatic rings. The maximum Gasteiger partial charge on any atom is 0.119 e. The van der Waals surface area contributed by atoms with Gasteiger partial charge in [0.1, 0.15) is 18.1 Å². The minimum absolute atomic E-state index is 0.280. The number of aryl methyl sites for hydroxylation is 1. The molecule has 1 heterocycles. The van der Waals surface area contributed by atoms with Crippen molar-refractivity contribution in [1.82, 2.24) is 4.90 Å². The summed E-state index contributed by atoms with van der Waals surface area (Å²) in [7, 11) is 0. The van der Waals surface area contributed by atoms with Gasteiger partial charge in [-0.15, -0.1) is 0 Å². The van der Waals surface area contributed by atoms with Gasteiger partial charge >= 0.3 is 0 Å². The maximum atomic E-state index is 10.0. The van der Waals surface area contributed by atoms with Crippen molar-refractivity contribution < 1.29 is 9.84 Å². The van der Waals surface area contributed by atoms with E-state index in [2.05, 4.69) is 72.5 Å². The fourth-order valence-electron chi connectivity index (χ4n) is 5.57. The van der Waals surface area contributed by atoms with Crippen LogP contribution >= 0.6 is 0 Å². The van der Waals surface area contributed by atoms with Gasteiger partial charge in [0.05, 0.1) is 0 Å². The molecule has 0 unspecified atom stereocenters. The van der Waals surface area contributed by atoms with Crippen molar-refractivity contribution >= 4 is 0 Å². The van der Waals surface area contributed by atoms with E-state index in [0.29, 0.717) is 11.7 Å². The zero-order valence-electron chi connectivity index (χ0n) is 18.9. The predicted molar refractivity (Wildman–Crippen MR) is 130 cm³/mol. The number of hydrogen-bond acceptors (Lipinski definition) is 3. The summed E-state index contributed by atoms with van der Waals surface area (Å²) in [6.07, 6.45) is 3.38.